The topological polar surface area (TPSA) is 50.2 Å². The van der Waals surface area contributed by atoms with Crippen LogP contribution < -0.4 is 5.32 Å². The standard InChI is InChI=1S/C30H42N4O/c35-30-13-12-22(31-30)17-29-32-27-10-3-4-11-28(27)34(29)26-18-23-8-5-9-24(19-26)33(23)25-15-20-6-1-2-7-21(14-20)16-25/h3-4,10-11,20-26H,1-2,5-9,12-19H2,(H,31,35)/t20-,21+,22-,23-,24+,25+,26-/m0/s1. The first-order valence-corrected chi connectivity index (χ1v) is 14.7. The molecule has 3 saturated heterocycles. The zero-order valence-electron chi connectivity index (χ0n) is 21.2. The summed E-state index contributed by atoms with van der Waals surface area (Å²) >= 11 is 0. The minimum absolute atomic E-state index is 0.202. The SMILES string of the molecule is O=C1CC[C@@H](Cc2nc3ccccc3n2[C@@H]2C[C@H]3CCC[C@@H](C2)N3[C@H]2C[C@@H]3CCCC[C@@H](C3)C2)N1. The van der Waals surface area contributed by atoms with Crippen molar-refractivity contribution in [2.75, 3.05) is 0 Å². The maximum Gasteiger partial charge on any atom is 0.220 e. The number of rotatable bonds is 4. The number of para-hydroxylation sites is 2. The summed E-state index contributed by atoms with van der Waals surface area (Å²) in [6.07, 6.45) is 19.5. The number of aromatic nitrogens is 2. The van der Waals surface area contributed by atoms with Crippen molar-refractivity contribution >= 4 is 16.9 Å². The third kappa shape index (κ3) is 4.22. The van der Waals surface area contributed by atoms with Gasteiger partial charge in [-0.2, -0.15) is 0 Å². The predicted octanol–water partition coefficient (Wildman–Crippen LogP) is 5.77. The average Bonchev–Trinajstić information content (AvgIpc) is 3.38. The van der Waals surface area contributed by atoms with E-state index in [4.69, 9.17) is 4.98 Å². The van der Waals surface area contributed by atoms with Gasteiger partial charge in [-0.25, -0.2) is 4.98 Å². The Morgan fingerprint density at radius 1 is 0.800 bits per heavy atom. The van der Waals surface area contributed by atoms with Gasteiger partial charge >= 0.3 is 0 Å². The van der Waals surface area contributed by atoms with Crippen LogP contribution >= 0.6 is 0 Å². The fourth-order valence-electron chi connectivity index (χ4n) is 9.00. The van der Waals surface area contributed by atoms with Crippen LogP contribution in [0.5, 0.6) is 0 Å². The number of carbonyl (C=O) groups is 1. The summed E-state index contributed by atoms with van der Waals surface area (Å²) in [6, 6.07) is 11.8. The Morgan fingerprint density at radius 2 is 1.54 bits per heavy atom. The van der Waals surface area contributed by atoms with Gasteiger partial charge in [-0.15, -0.1) is 0 Å². The highest BCUT2D eigenvalue weighted by Gasteiger charge is 2.45. The van der Waals surface area contributed by atoms with E-state index in [2.05, 4.69) is 39.0 Å². The number of nitrogens with zero attached hydrogens (tertiary/aromatic N) is 3. The Morgan fingerprint density at radius 3 is 2.26 bits per heavy atom. The van der Waals surface area contributed by atoms with Gasteiger partial charge in [0.05, 0.1) is 11.0 Å². The predicted molar refractivity (Wildman–Crippen MR) is 139 cm³/mol. The molecule has 2 aromatic rings. The zero-order valence-corrected chi connectivity index (χ0v) is 21.2. The van der Waals surface area contributed by atoms with Crippen LogP contribution in [0.3, 0.4) is 0 Å². The third-order valence-electron chi connectivity index (χ3n) is 10.3. The summed E-state index contributed by atoms with van der Waals surface area (Å²) in [5.74, 6) is 3.38. The summed E-state index contributed by atoms with van der Waals surface area (Å²) in [7, 11) is 0. The summed E-state index contributed by atoms with van der Waals surface area (Å²) < 4.78 is 2.61. The summed E-state index contributed by atoms with van der Waals surface area (Å²) in [6.45, 7) is 0. The minimum Gasteiger partial charge on any atom is -0.353 e. The first-order chi connectivity index (χ1) is 17.2. The summed E-state index contributed by atoms with van der Waals surface area (Å²) in [4.78, 5) is 20.1. The van der Waals surface area contributed by atoms with E-state index in [1.807, 2.05) is 0 Å². The van der Waals surface area contributed by atoms with E-state index in [9.17, 15) is 4.79 Å². The molecule has 2 aliphatic carbocycles. The van der Waals surface area contributed by atoms with Gasteiger partial charge in [0.2, 0.25) is 5.91 Å². The van der Waals surface area contributed by atoms with Gasteiger partial charge < -0.3 is 9.88 Å². The molecule has 188 valence electrons. The number of benzene rings is 1. The number of imidazole rings is 1. The van der Waals surface area contributed by atoms with E-state index in [-0.39, 0.29) is 11.9 Å². The van der Waals surface area contributed by atoms with E-state index >= 15 is 0 Å². The quantitative estimate of drug-likeness (QED) is 0.612. The van der Waals surface area contributed by atoms with Crippen LogP contribution in [0.15, 0.2) is 24.3 Å². The molecular formula is C30H42N4O. The molecule has 4 heterocycles. The highest BCUT2D eigenvalue weighted by molar-refractivity contribution is 5.79. The number of nitrogens with one attached hydrogen (secondary N) is 1. The van der Waals surface area contributed by atoms with Crippen molar-refractivity contribution in [2.45, 2.75) is 127 Å². The van der Waals surface area contributed by atoms with Crippen molar-refractivity contribution < 1.29 is 4.79 Å². The zero-order chi connectivity index (χ0) is 23.4. The van der Waals surface area contributed by atoms with Crippen LogP contribution in [0.1, 0.15) is 102 Å². The Bertz CT molecular complexity index is 1050. The molecule has 0 spiro atoms. The van der Waals surface area contributed by atoms with E-state index in [0.29, 0.717) is 12.5 Å². The molecule has 35 heavy (non-hydrogen) atoms. The van der Waals surface area contributed by atoms with Crippen molar-refractivity contribution in [1.29, 1.82) is 0 Å². The lowest BCUT2D eigenvalue weighted by molar-refractivity contribution is -0.119. The average molecular weight is 475 g/mol. The Hall–Kier alpha value is -1.88. The highest BCUT2D eigenvalue weighted by atomic mass is 16.1. The van der Waals surface area contributed by atoms with Gasteiger partial charge in [0.1, 0.15) is 5.82 Å². The van der Waals surface area contributed by atoms with Gasteiger partial charge in [0.15, 0.2) is 0 Å². The fourth-order valence-corrected chi connectivity index (χ4v) is 9.00. The van der Waals surface area contributed by atoms with Gasteiger partial charge in [-0.1, -0.05) is 44.2 Å². The lowest BCUT2D eigenvalue weighted by Crippen LogP contribution is -2.58. The lowest BCUT2D eigenvalue weighted by Gasteiger charge is -2.54. The summed E-state index contributed by atoms with van der Waals surface area (Å²) in [5.41, 5.74) is 2.42. The monoisotopic (exact) mass is 474 g/mol. The van der Waals surface area contributed by atoms with Crippen LogP contribution in [0.4, 0.5) is 0 Å². The second kappa shape index (κ2) is 9.21. The molecule has 5 aliphatic rings. The molecule has 1 aromatic carbocycles. The lowest BCUT2D eigenvalue weighted by atomic mass is 9.73. The maximum absolute atomic E-state index is 11.9. The molecule has 5 fully saturated rings. The van der Waals surface area contributed by atoms with E-state index < -0.39 is 0 Å². The third-order valence-corrected chi connectivity index (χ3v) is 10.3. The Labute approximate surface area is 210 Å². The number of hydrogen-bond donors (Lipinski definition) is 1. The van der Waals surface area contributed by atoms with Crippen LogP contribution in [0.25, 0.3) is 11.0 Å². The Kier molecular flexibility index (Phi) is 5.87. The van der Waals surface area contributed by atoms with Crippen LogP contribution in [0.2, 0.25) is 0 Å². The van der Waals surface area contributed by atoms with Gasteiger partial charge in [-0.3, -0.25) is 9.69 Å². The smallest absolute Gasteiger partial charge is 0.220 e. The molecule has 1 N–H and O–H groups in total. The molecule has 4 bridgehead atoms. The molecule has 7 atom stereocenters. The van der Waals surface area contributed by atoms with E-state index in [1.165, 1.54) is 88.4 Å². The van der Waals surface area contributed by atoms with Crippen LogP contribution in [0, 0.1) is 11.8 Å². The molecule has 5 nitrogen and oxygen atoms in total. The minimum atomic E-state index is 0.202. The second-order valence-corrected chi connectivity index (χ2v) is 12.6. The van der Waals surface area contributed by atoms with Crippen molar-refractivity contribution in [3.63, 3.8) is 0 Å². The molecule has 2 saturated carbocycles. The van der Waals surface area contributed by atoms with Gasteiger partial charge in [-0.05, 0) is 75.3 Å². The molecule has 7 rings (SSSR count). The van der Waals surface area contributed by atoms with E-state index in [1.54, 1.807) is 0 Å². The number of carbonyl (C=O) groups excluding carboxylic acids is 1. The molecule has 5 heteroatoms. The molecule has 3 aliphatic heterocycles. The van der Waals surface area contributed by atoms with Crippen molar-refractivity contribution in [1.82, 2.24) is 19.8 Å². The Balaban J connectivity index is 1.17. The molecule has 1 amide bonds. The fraction of sp³-hybridized carbons (Fsp3) is 0.733. The summed E-state index contributed by atoms with van der Waals surface area (Å²) in [5, 5.41) is 3.19. The van der Waals surface area contributed by atoms with Gasteiger partial charge in [0.25, 0.3) is 0 Å². The number of hydrogen-bond acceptors (Lipinski definition) is 3. The first-order valence-electron chi connectivity index (χ1n) is 14.7. The second-order valence-electron chi connectivity index (χ2n) is 12.6. The molecule has 0 unspecified atom stereocenters. The van der Waals surface area contributed by atoms with Crippen molar-refractivity contribution in [3.05, 3.63) is 30.1 Å². The molecule has 0 radical (unpaired) electrons. The van der Waals surface area contributed by atoms with E-state index in [0.717, 1.165) is 48.3 Å². The molecule has 1 aromatic heterocycles. The number of fused-ring (bicyclic) bond motifs is 5. The van der Waals surface area contributed by atoms with Crippen molar-refractivity contribution in [2.24, 2.45) is 11.8 Å². The maximum atomic E-state index is 11.9. The number of piperidine rings is 2. The largest absolute Gasteiger partial charge is 0.353 e. The normalized spacial score (nSPS) is 37.8. The van der Waals surface area contributed by atoms with Crippen LogP contribution in [-0.2, 0) is 11.2 Å². The number of amides is 1. The van der Waals surface area contributed by atoms with Gasteiger partial charge in [0, 0.05) is 43.1 Å². The highest BCUT2D eigenvalue weighted by Crippen LogP contribution is 2.47. The van der Waals surface area contributed by atoms with Crippen LogP contribution in [-0.4, -0.2) is 44.5 Å². The molecular weight excluding hydrogens is 432 g/mol. The van der Waals surface area contributed by atoms with Crippen molar-refractivity contribution in [3.8, 4) is 0 Å². The first kappa shape index (κ1) is 22.3.